The van der Waals surface area contributed by atoms with E-state index in [-0.39, 0.29) is 12.5 Å². The Morgan fingerprint density at radius 1 is 1.41 bits per heavy atom. The van der Waals surface area contributed by atoms with Gasteiger partial charge in [-0.25, -0.2) is 0 Å². The van der Waals surface area contributed by atoms with Gasteiger partial charge in [-0.05, 0) is 25.1 Å². The average Bonchev–Trinajstić information content (AvgIpc) is 2.55. The number of nitrogens with one attached hydrogen (secondary N) is 1. The number of aliphatic hydroxyl groups excluding tert-OH is 1. The highest BCUT2D eigenvalue weighted by Crippen LogP contribution is 2.30. The Bertz CT molecular complexity index is 447. The summed E-state index contributed by atoms with van der Waals surface area (Å²) in [5.41, 5.74) is 2.59. The molecule has 1 atom stereocenters. The highest BCUT2D eigenvalue weighted by molar-refractivity contribution is 6.35. The lowest BCUT2D eigenvalue weighted by molar-refractivity contribution is -0.128. The van der Waals surface area contributed by atoms with Crippen LogP contribution >= 0.6 is 23.2 Å². The maximum atomic E-state index is 11.7. The van der Waals surface area contributed by atoms with Crippen LogP contribution in [-0.2, 0) is 4.79 Å². The lowest BCUT2D eigenvalue weighted by Gasteiger charge is -2.20. The fourth-order valence-electron chi connectivity index (χ4n) is 1.69. The van der Waals surface area contributed by atoms with Crippen molar-refractivity contribution in [3.05, 3.63) is 28.2 Å². The van der Waals surface area contributed by atoms with Crippen LogP contribution in [0.5, 0.6) is 0 Å². The van der Waals surface area contributed by atoms with Crippen molar-refractivity contribution in [2.45, 2.75) is 6.92 Å². The highest BCUT2D eigenvalue weighted by Gasteiger charge is 2.42. The molecule has 2 N–H and O–H groups in total. The number of hydrazine groups is 1. The molecule has 1 aromatic carbocycles. The monoisotopic (exact) mass is 274 g/mol. The molecule has 1 aromatic rings. The summed E-state index contributed by atoms with van der Waals surface area (Å²) in [7, 11) is 0. The Labute approximate surface area is 109 Å². The number of carbonyl (C=O) groups is 1. The van der Waals surface area contributed by atoms with Crippen molar-refractivity contribution >= 4 is 34.8 Å². The number of halogens is 2. The number of hydrogen-bond donors (Lipinski definition) is 2. The first-order chi connectivity index (χ1) is 7.94. The van der Waals surface area contributed by atoms with Crippen molar-refractivity contribution < 1.29 is 9.90 Å². The first kappa shape index (κ1) is 12.5. The molecule has 6 heteroatoms. The second-order valence-corrected chi connectivity index (χ2v) is 5.25. The minimum atomic E-state index is -0.797. The Balaban J connectivity index is 2.28. The lowest BCUT2D eigenvalue weighted by atomic mass is 9.92. The van der Waals surface area contributed by atoms with Crippen LogP contribution in [0.4, 0.5) is 5.69 Å². The summed E-state index contributed by atoms with van der Waals surface area (Å²) in [6, 6.07) is 5.03. The Hall–Kier alpha value is -0.970. The van der Waals surface area contributed by atoms with Gasteiger partial charge in [0.2, 0.25) is 5.91 Å². The molecule has 92 valence electrons. The average molecular weight is 275 g/mol. The van der Waals surface area contributed by atoms with Gasteiger partial charge in [0, 0.05) is 10.0 Å². The molecule has 4 nitrogen and oxygen atoms in total. The molecule has 1 saturated heterocycles. The number of hydrogen-bond acceptors (Lipinski definition) is 3. The van der Waals surface area contributed by atoms with Gasteiger partial charge in [-0.2, -0.15) is 0 Å². The van der Waals surface area contributed by atoms with Gasteiger partial charge in [0.15, 0.2) is 0 Å². The fourth-order valence-corrected chi connectivity index (χ4v) is 2.21. The standard InChI is InChI=1S/C11H12Cl2N2O2/c1-11(6-16)5-15(14-10(11)17)9-3-7(12)2-8(13)4-9/h2-4,16H,5-6H2,1H3,(H,14,17). The van der Waals surface area contributed by atoms with E-state index in [0.717, 1.165) is 0 Å². The molecule has 1 aliphatic rings. The van der Waals surface area contributed by atoms with Crippen LogP contribution < -0.4 is 10.4 Å². The quantitative estimate of drug-likeness (QED) is 0.866. The number of carbonyl (C=O) groups excluding carboxylic acids is 1. The minimum Gasteiger partial charge on any atom is -0.395 e. The summed E-state index contributed by atoms with van der Waals surface area (Å²) >= 11 is 11.8. The predicted molar refractivity (Wildman–Crippen MR) is 67.1 cm³/mol. The van der Waals surface area contributed by atoms with E-state index in [2.05, 4.69) is 5.43 Å². The van der Waals surface area contributed by atoms with Crippen LogP contribution in [0.3, 0.4) is 0 Å². The van der Waals surface area contributed by atoms with Gasteiger partial charge in [-0.3, -0.25) is 15.2 Å². The van der Waals surface area contributed by atoms with Crippen LogP contribution in [0.1, 0.15) is 6.92 Å². The largest absolute Gasteiger partial charge is 0.395 e. The molecule has 1 heterocycles. The third-order valence-electron chi connectivity index (χ3n) is 2.80. The SMILES string of the molecule is CC1(CO)CN(c2cc(Cl)cc(Cl)c2)NC1=O. The Morgan fingerprint density at radius 3 is 2.47 bits per heavy atom. The van der Waals surface area contributed by atoms with E-state index in [0.29, 0.717) is 22.3 Å². The smallest absolute Gasteiger partial charge is 0.248 e. The normalized spacial score (nSPS) is 24.0. The second kappa shape index (κ2) is 4.37. The van der Waals surface area contributed by atoms with Gasteiger partial charge in [-0.1, -0.05) is 23.2 Å². The van der Waals surface area contributed by atoms with Crippen LogP contribution in [-0.4, -0.2) is 24.2 Å². The highest BCUT2D eigenvalue weighted by atomic mass is 35.5. The molecule has 1 unspecified atom stereocenters. The van der Waals surface area contributed by atoms with E-state index >= 15 is 0 Å². The van der Waals surface area contributed by atoms with Gasteiger partial charge >= 0.3 is 0 Å². The molecule has 0 radical (unpaired) electrons. The topological polar surface area (TPSA) is 52.6 Å². The molecular formula is C11H12Cl2N2O2. The van der Waals surface area contributed by atoms with Crippen LogP contribution in [0.2, 0.25) is 10.0 Å². The van der Waals surface area contributed by atoms with Crippen molar-refractivity contribution in [3.8, 4) is 0 Å². The Kier molecular flexibility index (Phi) is 3.21. The number of anilines is 1. The molecule has 0 spiro atoms. The van der Waals surface area contributed by atoms with Crippen LogP contribution in [0, 0.1) is 5.41 Å². The summed E-state index contributed by atoms with van der Waals surface area (Å²) in [5.74, 6) is -0.212. The molecule has 0 aromatic heterocycles. The minimum absolute atomic E-state index is 0.205. The molecule has 0 saturated carbocycles. The van der Waals surface area contributed by atoms with E-state index in [1.807, 2.05) is 0 Å². The summed E-state index contributed by atoms with van der Waals surface area (Å²) < 4.78 is 0. The van der Waals surface area contributed by atoms with E-state index in [4.69, 9.17) is 23.2 Å². The number of aliphatic hydroxyl groups is 1. The third-order valence-corrected chi connectivity index (χ3v) is 3.24. The third kappa shape index (κ3) is 2.34. The van der Waals surface area contributed by atoms with E-state index in [9.17, 15) is 9.90 Å². The zero-order valence-electron chi connectivity index (χ0n) is 9.20. The molecule has 17 heavy (non-hydrogen) atoms. The van der Waals surface area contributed by atoms with Gasteiger partial charge in [0.1, 0.15) is 0 Å². The van der Waals surface area contributed by atoms with E-state index < -0.39 is 5.41 Å². The van der Waals surface area contributed by atoms with Gasteiger partial charge in [-0.15, -0.1) is 0 Å². The first-order valence-corrected chi connectivity index (χ1v) is 5.86. The molecule has 0 bridgehead atoms. The summed E-state index contributed by atoms with van der Waals surface area (Å²) in [4.78, 5) is 11.7. The van der Waals surface area contributed by atoms with Crippen LogP contribution in [0.25, 0.3) is 0 Å². The molecule has 1 amide bonds. The zero-order valence-corrected chi connectivity index (χ0v) is 10.7. The summed E-state index contributed by atoms with van der Waals surface area (Å²) in [6.07, 6.45) is 0. The van der Waals surface area contributed by atoms with Crippen molar-refractivity contribution in [2.24, 2.45) is 5.41 Å². The van der Waals surface area contributed by atoms with Gasteiger partial charge in [0.05, 0.1) is 24.3 Å². The van der Waals surface area contributed by atoms with Gasteiger partial charge < -0.3 is 5.11 Å². The van der Waals surface area contributed by atoms with Gasteiger partial charge in [0.25, 0.3) is 0 Å². The molecule has 0 aliphatic carbocycles. The summed E-state index contributed by atoms with van der Waals surface area (Å²) in [5, 5.41) is 11.9. The van der Waals surface area contributed by atoms with Crippen molar-refractivity contribution in [2.75, 3.05) is 18.2 Å². The molecule has 1 aliphatic heterocycles. The van der Waals surface area contributed by atoms with Crippen molar-refractivity contribution in [3.63, 3.8) is 0 Å². The van der Waals surface area contributed by atoms with E-state index in [1.165, 1.54) is 0 Å². The van der Waals surface area contributed by atoms with Crippen molar-refractivity contribution in [1.82, 2.24) is 5.43 Å². The van der Waals surface area contributed by atoms with Crippen LogP contribution in [0.15, 0.2) is 18.2 Å². The predicted octanol–water partition coefficient (Wildman–Crippen LogP) is 1.84. The van der Waals surface area contributed by atoms with Crippen molar-refractivity contribution in [1.29, 1.82) is 0 Å². The second-order valence-electron chi connectivity index (χ2n) is 4.37. The summed E-state index contributed by atoms with van der Waals surface area (Å²) in [6.45, 7) is 1.87. The maximum absolute atomic E-state index is 11.7. The molecule has 1 fully saturated rings. The maximum Gasteiger partial charge on any atom is 0.248 e. The molecule has 2 rings (SSSR count). The fraction of sp³-hybridized carbons (Fsp3) is 0.364. The number of amides is 1. The number of nitrogens with zero attached hydrogens (tertiary/aromatic N) is 1. The number of benzene rings is 1. The zero-order chi connectivity index (χ0) is 12.6. The number of rotatable bonds is 2. The molecular weight excluding hydrogens is 263 g/mol. The first-order valence-electron chi connectivity index (χ1n) is 5.10. The van der Waals surface area contributed by atoms with E-state index in [1.54, 1.807) is 30.1 Å². The lowest BCUT2D eigenvalue weighted by Crippen LogP contribution is -2.34. The Morgan fingerprint density at radius 2 is 2.00 bits per heavy atom.